The van der Waals surface area contributed by atoms with Gasteiger partial charge >= 0.3 is 0 Å². The summed E-state index contributed by atoms with van der Waals surface area (Å²) in [4.78, 5) is 40.3. The minimum absolute atomic E-state index is 0.0527. The van der Waals surface area contributed by atoms with Crippen molar-refractivity contribution in [1.82, 2.24) is 9.69 Å². The van der Waals surface area contributed by atoms with Crippen molar-refractivity contribution in [3.8, 4) is 5.75 Å². The third-order valence-corrected chi connectivity index (χ3v) is 5.79. The van der Waals surface area contributed by atoms with Crippen LogP contribution in [0.4, 0.5) is 11.4 Å². The van der Waals surface area contributed by atoms with Gasteiger partial charge in [0.15, 0.2) is 11.7 Å². The third kappa shape index (κ3) is 5.61. The van der Waals surface area contributed by atoms with Gasteiger partial charge in [0.1, 0.15) is 22.1 Å². The van der Waals surface area contributed by atoms with Crippen LogP contribution in [0.5, 0.6) is 5.75 Å². The highest BCUT2D eigenvalue weighted by Crippen LogP contribution is 2.38. The Balaban J connectivity index is 2.21. The highest BCUT2D eigenvalue weighted by Gasteiger charge is 2.39. The van der Waals surface area contributed by atoms with Gasteiger partial charge in [-0.1, -0.05) is 12.1 Å². The van der Waals surface area contributed by atoms with Crippen LogP contribution in [0, 0.1) is 6.92 Å². The van der Waals surface area contributed by atoms with Crippen LogP contribution in [0.3, 0.4) is 0 Å². The maximum atomic E-state index is 14.0. The lowest BCUT2D eigenvalue weighted by Gasteiger charge is -2.30. The lowest BCUT2D eigenvalue weighted by molar-refractivity contribution is -0.123. The number of aromatic nitrogens is 1. The first-order chi connectivity index (χ1) is 16.8. The molecule has 3 rings (SSSR count). The molecule has 1 aromatic carbocycles. The largest absolute Gasteiger partial charge is 0.492 e. The lowest BCUT2D eigenvalue weighted by Crippen LogP contribution is -2.44. The maximum Gasteiger partial charge on any atom is 0.273 e. The smallest absolute Gasteiger partial charge is 0.273 e. The summed E-state index contributed by atoms with van der Waals surface area (Å²) in [7, 11) is 1.51. The SMILES string of the molecule is CCOc1ccccc1N(C(=O)c1snc(C(N)=O)c1N)[C@H](C(=O)NCCOC)c1ccc(C)o1. The van der Waals surface area contributed by atoms with E-state index in [-0.39, 0.29) is 35.2 Å². The Bertz CT molecular complexity index is 1210. The highest BCUT2D eigenvalue weighted by atomic mass is 32.1. The van der Waals surface area contributed by atoms with Gasteiger partial charge in [0.25, 0.3) is 17.7 Å². The molecule has 2 heterocycles. The number of nitrogens with one attached hydrogen (secondary N) is 1. The first-order valence-electron chi connectivity index (χ1n) is 10.7. The number of primary amides is 1. The fourth-order valence-electron chi connectivity index (χ4n) is 3.39. The van der Waals surface area contributed by atoms with Crippen LogP contribution < -0.4 is 26.4 Å². The zero-order valence-electron chi connectivity index (χ0n) is 19.6. The van der Waals surface area contributed by atoms with Crippen molar-refractivity contribution in [2.75, 3.05) is 37.5 Å². The summed E-state index contributed by atoms with van der Waals surface area (Å²) in [6, 6.07) is 8.83. The van der Waals surface area contributed by atoms with Crippen molar-refractivity contribution < 1.29 is 28.3 Å². The van der Waals surface area contributed by atoms with Gasteiger partial charge in [-0.25, -0.2) is 0 Å². The number of aryl methyl sites for hydroxylation is 1. The van der Waals surface area contributed by atoms with Crippen LogP contribution in [0.2, 0.25) is 0 Å². The Morgan fingerprint density at radius 2 is 1.97 bits per heavy atom. The summed E-state index contributed by atoms with van der Waals surface area (Å²) in [5, 5.41) is 2.76. The van der Waals surface area contributed by atoms with E-state index >= 15 is 0 Å². The van der Waals surface area contributed by atoms with Gasteiger partial charge in [-0.3, -0.25) is 19.3 Å². The molecule has 3 aromatic rings. The van der Waals surface area contributed by atoms with Crippen molar-refractivity contribution in [3.63, 3.8) is 0 Å². The van der Waals surface area contributed by atoms with Crippen LogP contribution in [0.25, 0.3) is 0 Å². The van der Waals surface area contributed by atoms with E-state index in [2.05, 4.69) is 9.69 Å². The monoisotopic (exact) mass is 501 g/mol. The number of carbonyl (C=O) groups is 3. The van der Waals surface area contributed by atoms with Crippen molar-refractivity contribution in [2.45, 2.75) is 19.9 Å². The standard InChI is InChI=1S/C23H27N5O6S/c1-4-33-15-8-6-5-7-14(15)28(23(31)20-17(24)18(21(25)29)27-35-20)19(16-10-9-13(2)34-16)22(30)26-11-12-32-3/h5-10,19H,4,11-12,24H2,1-3H3,(H2,25,29)(H,26,30)/t19-/m0/s1. The topological polar surface area (TPSA) is 163 Å². The molecule has 2 aromatic heterocycles. The van der Waals surface area contributed by atoms with Gasteiger partial charge in [0.2, 0.25) is 0 Å². The highest BCUT2D eigenvalue weighted by molar-refractivity contribution is 7.09. The second kappa shape index (κ2) is 11.5. The van der Waals surface area contributed by atoms with Crippen molar-refractivity contribution in [2.24, 2.45) is 5.73 Å². The molecule has 0 unspecified atom stereocenters. The molecule has 12 heteroatoms. The Morgan fingerprint density at radius 1 is 1.23 bits per heavy atom. The molecule has 0 fully saturated rings. The summed E-state index contributed by atoms with van der Waals surface area (Å²) in [5.74, 6) is -0.937. The number of hydrogen-bond donors (Lipinski definition) is 3. The number of anilines is 2. The van der Waals surface area contributed by atoms with Crippen LogP contribution in [0.1, 0.15) is 44.6 Å². The molecule has 0 saturated heterocycles. The maximum absolute atomic E-state index is 14.0. The van der Waals surface area contributed by atoms with E-state index in [1.54, 1.807) is 50.2 Å². The Kier molecular flexibility index (Phi) is 8.44. The number of nitrogens with two attached hydrogens (primary N) is 2. The van der Waals surface area contributed by atoms with E-state index in [9.17, 15) is 14.4 Å². The van der Waals surface area contributed by atoms with E-state index in [0.717, 1.165) is 0 Å². The number of amides is 3. The molecule has 0 spiro atoms. The number of ether oxygens (including phenoxy) is 2. The van der Waals surface area contributed by atoms with Crippen LogP contribution in [-0.2, 0) is 9.53 Å². The minimum Gasteiger partial charge on any atom is -0.492 e. The van der Waals surface area contributed by atoms with E-state index < -0.39 is 23.8 Å². The number of rotatable bonds is 11. The molecule has 11 nitrogen and oxygen atoms in total. The van der Waals surface area contributed by atoms with E-state index in [4.69, 9.17) is 25.4 Å². The number of nitrogens with zero attached hydrogens (tertiary/aromatic N) is 2. The molecular weight excluding hydrogens is 474 g/mol. The molecule has 0 aliphatic rings. The molecule has 1 atom stereocenters. The van der Waals surface area contributed by atoms with Crippen molar-refractivity contribution in [3.05, 3.63) is 58.5 Å². The normalized spacial score (nSPS) is 11.6. The molecule has 3 amide bonds. The Morgan fingerprint density at radius 3 is 2.57 bits per heavy atom. The molecule has 35 heavy (non-hydrogen) atoms. The summed E-state index contributed by atoms with van der Waals surface area (Å²) < 4.78 is 20.5. The third-order valence-electron chi connectivity index (χ3n) is 4.94. The quantitative estimate of drug-likeness (QED) is 0.337. The van der Waals surface area contributed by atoms with Gasteiger partial charge in [0.05, 0.1) is 24.6 Å². The zero-order chi connectivity index (χ0) is 25.5. The van der Waals surface area contributed by atoms with E-state index in [1.807, 2.05) is 0 Å². The van der Waals surface area contributed by atoms with Gasteiger partial charge in [-0.05, 0) is 49.6 Å². The fraction of sp³-hybridized carbons (Fsp3) is 0.304. The lowest BCUT2D eigenvalue weighted by atomic mass is 10.1. The predicted molar refractivity (Wildman–Crippen MR) is 131 cm³/mol. The summed E-state index contributed by atoms with van der Waals surface area (Å²) >= 11 is 0.716. The number of benzene rings is 1. The average Bonchev–Trinajstić information content (AvgIpc) is 3.43. The fourth-order valence-corrected chi connectivity index (χ4v) is 4.13. The van der Waals surface area contributed by atoms with Gasteiger partial charge < -0.3 is 30.7 Å². The molecule has 5 N–H and O–H groups in total. The minimum atomic E-state index is -1.24. The number of hydrogen-bond acceptors (Lipinski definition) is 9. The summed E-state index contributed by atoms with van der Waals surface area (Å²) in [6.45, 7) is 4.31. The van der Waals surface area contributed by atoms with Crippen molar-refractivity contribution >= 4 is 40.6 Å². The summed E-state index contributed by atoms with van der Waals surface area (Å²) in [5.41, 5.74) is 11.3. The van der Waals surface area contributed by atoms with Gasteiger partial charge in [-0.15, -0.1) is 0 Å². The predicted octanol–water partition coefficient (Wildman–Crippen LogP) is 2.28. The second-order valence-electron chi connectivity index (χ2n) is 7.35. The molecule has 186 valence electrons. The first-order valence-corrected chi connectivity index (χ1v) is 11.5. The summed E-state index contributed by atoms with van der Waals surface area (Å²) in [6.07, 6.45) is 0. The average molecular weight is 502 g/mol. The van der Waals surface area contributed by atoms with E-state index in [1.165, 1.54) is 12.0 Å². The molecule has 0 aliphatic heterocycles. The van der Waals surface area contributed by atoms with Crippen LogP contribution in [-0.4, -0.2) is 49.0 Å². The molecule has 0 aliphatic carbocycles. The molecular formula is C23H27N5O6S. The van der Waals surface area contributed by atoms with E-state index in [0.29, 0.717) is 35.3 Å². The zero-order valence-corrected chi connectivity index (χ0v) is 20.4. The Hall–Kier alpha value is -3.90. The van der Waals surface area contributed by atoms with Crippen LogP contribution in [0.15, 0.2) is 40.8 Å². The second-order valence-corrected chi connectivity index (χ2v) is 8.12. The molecule has 0 radical (unpaired) electrons. The van der Waals surface area contributed by atoms with Crippen LogP contribution >= 0.6 is 11.5 Å². The van der Waals surface area contributed by atoms with Gasteiger partial charge in [0, 0.05) is 13.7 Å². The number of carbonyl (C=O) groups excluding carboxylic acids is 3. The van der Waals surface area contributed by atoms with Crippen molar-refractivity contribution in [1.29, 1.82) is 0 Å². The number of methoxy groups -OCH3 is 1. The Labute approximate surface area is 206 Å². The number of nitrogen functional groups attached to an aromatic ring is 1. The first kappa shape index (κ1) is 25.7. The number of para-hydroxylation sites is 2. The molecule has 0 saturated carbocycles. The molecule has 0 bridgehead atoms. The number of furan rings is 1. The van der Waals surface area contributed by atoms with Gasteiger partial charge in [-0.2, -0.15) is 4.37 Å².